The van der Waals surface area contributed by atoms with Gasteiger partial charge in [-0.1, -0.05) is 60.1 Å². The average Bonchev–Trinajstić information content (AvgIpc) is 2.78. The summed E-state index contributed by atoms with van der Waals surface area (Å²) in [4.78, 5) is 43.3. The second-order valence-corrected chi connectivity index (χ2v) is 14.4. The second kappa shape index (κ2) is 7.58. The fraction of sp³-hybridized carbons (Fsp3) is 0.677. The zero-order valence-electron chi connectivity index (χ0n) is 23.4. The summed E-state index contributed by atoms with van der Waals surface area (Å²) in [5.74, 6) is 1.90. The van der Waals surface area contributed by atoms with E-state index in [4.69, 9.17) is 12.3 Å². The molecule has 5 aliphatic rings. The first-order valence-corrected chi connectivity index (χ1v) is 13.7. The van der Waals surface area contributed by atoms with Crippen LogP contribution in [-0.2, 0) is 9.59 Å². The van der Waals surface area contributed by atoms with Gasteiger partial charge in [0, 0.05) is 22.3 Å². The van der Waals surface area contributed by atoms with E-state index in [0.717, 1.165) is 62.4 Å². The van der Waals surface area contributed by atoms with Crippen LogP contribution in [0.3, 0.4) is 0 Å². The summed E-state index contributed by atoms with van der Waals surface area (Å²) in [5.41, 5.74) is 4.47. The van der Waals surface area contributed by atoms with Crippen LogP contribution in [0.15, 0.2) is 23.4 Å². The van der Waals surface area contributed by atoms with E-state index in [1.54, 1.807) is 0 Å². The number of nitrogens with zero attached hydrogens (tertiary/aromatic N) is 1. The minimum atomic E-state index is -0.672. The van der Waals surface area contributed by atoms with Crippen molar-refractivity contribution in [2.75, 3.05) is 0 Å². The topological polar surface area (TPSA) is 93.6 Å². The Bertz CT molecular complexity index is 1200. The lowest BCUT2D eigenvalue weighted by Gasteiger charge is -2.68. The van der Waals surface area contributed by atoms with E-state index in [-0.39, 0.29) is 34.0 Å². The van der Waals surface area contributed by atoms with Gasteiger partial charge in [0.1, 0.15) is 0 Å². The summed E-state index contributed by atoms with van der Waals surface area (Å²) in [6, 6.07) is -0.536. The molecule has 3 saturated carbocycles. The van der Waals surface area contributed by atoms with Gasteiger partial charge in [0.15, 0.2) is 11.6 Å². The number of rotatable bonds is 1. The highest BCUT2D eigenvalue weighted by Crippen LogP contribution is 2.74. The number of hydrogen-bond donors (Lipinski definition) is 2. The first kappa shape index (κ1) is 26.2. The fourth-order valence-corrected chi connectivity index (χ4v) is 9.32. The third kappa shape index (κ3) is 3.25. The van der Waals surface area contributed by atoms with E-state index in [1.165, 1.54) is 0 Å². The zero-order chi connectivity index (χ0) is 27.4. The molecule has 0 aliphatic heterocycles. The Morgan fingerprint density at radius 2 is 1.65 bits per heavy atom. The van der Waals surface area contributed by atoms with Gasteiger partial charge in [0.05, 0.1) is 12.5 Å². The Labute approximate surface area is 221 Å². The quantitative estimate of drug-likeness (QED) is 0.437. The predicted molar refractivity (Wildman–Crippen MR) is 142 cm³/mol. The van der Waals surface area contributed by atoms with E-state index in [1.807, 2.05) is 26.0 Å². The molecular weight excluding hydrogens is 462 g/mol. The highest BCUT2D eigenvalue weighted by atomic mass is 16.2. The molecule has 2 amide bonds. The number of Topliss-reactive ketones (excluding diaryl/α,β-unsaturated/α-hetero) is 1. The van der Waals surface area contributed by atoms with Crippen molar-refractivity contribution < 1.29 is 14.4 Å². The molecule has 0 unspecified atom stereocenters. The maximum Gasteiger partial charge on any atom is 0.312 e. The monoisotopic (exact) mass is 503 g/mol. The third-order valence-electron chi connectivity index (χ3n) is 11.5. The van der Waals surface area contributed by atoms with Crippen LogP contribution in [0.4, 0.5) is 4.79 Å². The predicted octanol–water partition coefficient (Wildman–Crippen LogP) is 5.90. The molecule has 0 saturated heterocycles. The minimum absolute atomic E-state index is 0.0207. The van der Waals surface area contributed by atoms with Crippen molar-refractivity contribution >= 4 is 17.6 Å². The van der Waals surface area contributed by atoms with Crippen LogP contribution >= 0.6 is 0 Å². The molecule has 6 heteroatoms. The highest BCUT2D eigenvalue weighted by molar-refractivity contribution is 6.08. The molecule has 0 heterocycles. The number of nitrogens with one attached hydrogen (secondary N) is 1. The Hall–Kier alpha value is -2.42. The maximum absolute atomic E-state index is 14.3. The van der Waals surface area contributed by atoms with Crippen molar-refractivity contribution in [1.82, 2.24) is 5.32 Å². The SMILES string of the molecule is [C-]#[N+]C1=C[C@]2(C)C3=CC(=O)[C]4[C]5CC(C)(C)CC[C@]5(NC(N)=O)CC[C@@]4(C)[C@]3(C)CC[C@H]2C(C)(C)C1=O. The minimum Gasteiger partial charge on any atom is -0.352 e. The number of urea groups is 1. The van der Waals surface area contributed by atoms with Gasteiger partial charge in [-0.3, -0.25) is 4.79 Å². The van der Waals surface area contributed by atoms with Crippen molar-refractivity contribution in [1.29, 1.82) is 0 Å². The molecular formula is C31H41N3O3. The zero-order valence-corrected chi connectivity index (χ0v) is 23.4. The molecule has 198 valence electrons. The van der Waals surface area contributed by atoms with Crippen LogP contribution in [0.1, 0.15) is 93.4 Å². The summed E-state index contributed by atoms with van der Waals surface area (Å²) in [6.45, 7) is 22.8. The number of amides is 2. The van der Waals surface area contributed by atoms with Gasteiger partial charge in [-0.2, -0.15) is 0 Å². The molecule has 6 nitrogen and oxygen atoms in total. The van der Waals surface area contributed by atoms with Gasteiger partial charge in [0.2, 0.25) is 5.70 Å². The van der Waals surface area contributed by atoms with Crippen LogP contribution < -0.4 is 11.1 Å². The second-order valence-electron chi connectivity index (χ2n) is 14.4. The number of ketones is 2. The van der Waals surface area contributed by atoms with E-state index < -0.39 is 27.8 Å². The number of carbonyl (C=O) groups excluding carboxylic acids is 3. The van der Waals surface area contributed by atoms with Crippen molar-refractivity contribution in [3.8, 4) is 0 Å². The standard InChI is InChI=1S/C31H41N3O3/c1-26(2)11-13-31(34-25(32)37)14-12-30(7)23(18(31)16-26)20(35)15-22-28(5)17-19(33-8)24(36)27(3,4)21(28)9-10-29(22,30)6/h15,17,21H,9-14,16H2,1-7H3,(H3,32,34,37)/t21-,28-,29+,30+,31-/m0/s1. The van der Waals surface area contributed by atoms with Gasteiger partial charge in [-0.15, -0.1) is 0 Å². The Morgan fingerprint density at radius 1 is 1.00 bits per heavy atom. The molecule has 0 bridgehead atoms. The van der Waals surface area contributed by atoms with Crippen molar-refractivity contribution in [2.45, 2.75) is 99.0 Å². The van der Waals surface area contributed by atoms with E-state index in [2.05, 4.69) is 44.8 Å². The Balaban J connectivity index is 1.69. The lowest BCUT2D eigenvalue weighted by atomic mass is 9.35. The summed E-state index contributed by atoms with van der Waals surface area (Å²) >= 11 is 0. The van der Waals surface area contributed by atoms with Crippen LogP contribution in [0.5, 0.6) is 0 Å². The number of nitrogens with two attached hydrogens (primary N) is 1. The van der Waals surface area contributed by atoms with E-state index in [9.17, 15) is 14.4 Å². The van der Waals surface area contributed by atoms with Gasteiger partial charge in [-0.05, 0) is 73.2 Å². The smallest absolute Gasteiger partial charge is 0.312 e. The Morgan fingerprint density at radius 3 is 2.27 bits per heavy atom. The molecule has 3 fully saturated rings. The molecule has 5 atom stereocenters. The molecule has 3 N–H and O–H groups in total. The lowest BCUT2D eigenvalue weighted by molar-refractivity contribution is -0.133. The maximum atomic E-state index is 14.3. The summed E-state index contributed by atoms with van der Waals surface area (Å²) in [7, 11) is 0. The summed E-state index contributed by atoms with van der Waals surface area (Å²) in [5, 5.41) is 3.10. The van der Waals surface area contributed by atoms with Crippen molar-refractivity contribution in [3.05, 3.63) is 46.7 Å². The van der Waals surface area contributed by atoms with Gasteiger partial charge in [-0.25, -0.2) is 9.64 Å². The first-order valence-electron chi connectivity index (χ1n) is 13.7. The highest BCUT2D eigenvalue weighted by Gasteiger charge is 2.70. The van der Waals surface area contributed by atoms with E-state index in [0.29, 0.717) is 0 Å². The molecule has 5 rings (SSSR count). The average molecular weight is 504 g/mol. The number of primary amides is 1. The van der Waals surface area contributed by atoms with Crippen LogP contribution in [0.25, 0.3) is 4.85 Å². The lowest BCUT2D eigenvalue weighted by Crippen LogP contribution is -2.68. The molecule has 2 radical (unpaired) electrons. The molecule has 0 aromatic carbocycles. The molecule has 0 aromatic rings. The van der Waals surface area contributed by atoms with Gasteiger partial charge < -0.3 is 15.8 Å². The molecule has 5 aliphatic carbocycles. The number of allylic oxidation sites excluding steroid dienone is 4. The number of hydrogen-bond acceptors (Lipinski definition) is 3. The third-order valence-corrected chi connectivity index (χ3v) is 11.5. The first-order chi connectivity index (χ1) is 17.0. The van der Waals surface area contributed by atoms with Crippen LogP contribution in [0.2, 0.25) is 0 Å². The van der Waals surface area contributed by atoms with Crippen molar-refractivity contribution in [2.24, 2.45) is 38.7 Å². The Kier molecular flexibility index (Phi) is 5.37. The molecule has 37 heavy (non-hydrogen) atoms. The number of fused-ring (bicyclic) bond motifs is 7. The number of carbonyl (C=O) groups is 3. The summed E-state index contributed by atoms with van der Waals surface area (Å²) < 4.78 is 0. The van der Waals surface area contributed by atoms with Crippen LogP contribution in [0, 0.1) is 51.4 Å². The van der Waals surface area contributed by atoms with Crippen LogP contribution in [-0.4, -0.2) is 23.1 Å². The van der Waals surface area contributed by atoms with E-state index >= 15 is 0 Å². The molecule has 0 aromatic heterocycles. The summed E-state index contributed by atoms with van der Waals surface area (Å²) in [6.07, 6.45) is 9.48. The fourth-order valence-electron chi connectivity index (χ4n) is 9.32. The van der Waals surface area contributed by atoms with Gasteiger partial charge in [0.25, 0.3) is 0 Å². The normalized spacial score (nSPS) is 42.7. The van der Waals surface area contributed by atoms with Gasteiger partial charge >= 0.3 is 6.03 Å². The largest absolute Gasteiger partial charge is 0.352 e. The van der Waals surface area contributed by atoms with Crippen molar-refractivity contribution in [3.63, 3.8) is 0 Å². The molecule has 0 spiro atoms.